The quantitative estimate of drug-likeness (QED) is 0.219. The molecule has 0 unspecified atom stereocenters. The number of nitrogens with zero attached hydrogens (tertiary/aromatic N) is 2. The lowest BCUT2D eigenvalue weighted by molar-refractivity contribution is 0.0996. The molecule has 0 aliphatic heterocycles. The van der Waals surface area contributed by atoms with E-state index in [-0.39, 0.29) is 17.7 Å². The fourth-order valence-corrected chi connectivity index (χ4v) is 4.10. The average molecular weight is 513 g/mol. The molecule has 1 fully saturated rings. The number of hydrogen-bond acceptors (Lipinski definition) is 5. The smallest absolute Gasteiger partial charge is 0.319 e. The highest BCUT2D eigenvalue weighted by Gasteiger charge is 2.23. The SMILES string of the molecule is O=C(Nc1ccc(-c2cnc3nc(-c4cc(NC(=O)c5ccco5)ccc4Cl)[nH]c3c2)cc1)NC1CC1. The Morgan fingerprint density at radius 2 is 1.78 bits per heavy atom. The Hall–Kier alpha value is -4.63. The molecule has 3 heterocycles. The van der Waals surface area contributed by atoms with Gasteiger partial charge in [0.2, 0.25) is 0 Å². The summed E-state index contributed by atoms with van der Waals surface area (Å²) in [5.41, 5.74) is 5.00. The van der Waals surface area contributed by atoms with Gasteiger partial charge in [0.05, 0.1) is 16.8 Å². The van der Waals surface area contributed by atoms with Crippen molar-refractivity contribution in [3.8, 4) is 22.5 Å². The topological polar surface area (TPSA) is 125 Å². The summed E-state index contributed by atoms with van der Waals surface area (Å²) in [6, 6.07) is 18.0. The van der Waals surface area contributed by atoms with Crippen LogP contribution in [0, 0.1) is 0 Å². The number of benzene rings is 2. The molecule has 2 aromatic carbocycles. The maximum absolute atomic E-state index is 12.3. The van der Waals surface area contributed by atoms with Crippen LogP contribution < -0.4 is 16.0 Å². The van der Waals surface area contributed by atoms with E-state index < -0.39 is 0 Å². The highest BCUT2D eigenvalue weighted by Crippen LogP contribution is 2.31. The van der Waals surface area contributed by atoms with Crippen LogP contribution in [0.2, 0.25) is 5.02 Å². The first-order chi connectivity index (χ1) is 18.0. The first kappa shape index (κ1) is 22.8. The minimum atomic E-state index is -0.362. The summed E-state index contributed by atoms with van der Waals surface area (Å²) in [6.45, 7) is 0. The number of halogens is 1. The van der Waals surface area contributed by atoms with Crippen LogP contribution in [0.3, 0.4) is 0 Å². The zero-order valence-corrected chi connectivity index (χ0v) is 20.2. The van der Waals surface area contributed by atoms with Crippen LogP contribution in [0.25, 0.3) is 33.7 Å². The van der Waals surface area contributed by atoms with E-state index in [9.17, 15) is 9.59 Å². The number of carbonyl (C=O) groups is 2. The van der Waals surface area contributed by atoms with E-state index >= 15 is 0 Å². The number of aromatic amines is 1. The molecule has 5 aromatic rings. The van der Waals surface area contributed by atoms with E-state index in [4.69, 9.17) is 16.0 Å². The van der Waals surface area contributed by atoms with Crippen molar-refractivity contribution in [1.29, 1.82) is 0 Å². The molecule has 184 valence electrons. The van der Waals surface area contributed by atoms with Gasteiger partial charge in [-0.1, -0.05) is 23.7 Å². The fraction of sp³-hybridized carbons (Fsp3) is 0.111. The monoisotopic (exact) mass is 512 g/mol. The molecule has 1 aliphatic rings. The molecule has 0 radical (unpaired) electrons. The molecule has 1 aliphatic carbocycles. The van der Waals surface area contributed by atoms with Gasteiger partial charge in [0.1, 0.15) is 5.82 Å². The third-order valence-corrected chi connectivity index (χ3v) is 6.28. The van der Waals surface area contributed by atoms with Gasteiger partial charge in [0.15, 0.2) is 11.4 Å². The van der Waals surface area contributed by atoms with Crippen molar-refractivity contribution < 1.29 is 14.0 Å². The minimum Gasteiger partial charge on any atom is -0.459 e. The second-order valence-electron chi connectivity index (χ2n) is 8.76. The zero-order chi connectivity index (χ0) is 25.4. The van der Waals surface area contributed by atoms with Crippen LogP contribution in [0.4, 0.5) is 16.2 Å². The molecule has 10 heteroatoms. The summed E-state index contributed by atoms with van der Waals surface area (Å²) in [5, 5.41) is 9.02. The maximum atomic E-state index is 12.3. The lowest BCUT2D eigenvalue weighted by Gasteiger charge is -2.07. The van der Waals surface area contributed by atoms with Crippen LogP contribution >= 0.6 is 11.6 Å². The minimum absolute atomic E-state index is 0.188. The molecule has 0 atom stereocenters. The van der Waals surface area contributed by atoms with Crippen LogP contribution in [-0.4, -0.2) is 32.9 Å². The number of nitrogens with one attached hydrogen (secondary N) is 4. The van der Waals surface area contributed by atoms with E-state index in [0.717, 1.165) is 29.5 Å². The molecular weight excluding hydrogens is 492 g/mol. The van der Waals surface area contributed by atoms with Crippen LogP contribution in [-0.2, 0) is 0 Å². The second kappa shape index (κ2) is 9.44. The first-order valence-corrected chi connectivity index (χ1v) is 12.1. The van der Waals surface area contributed by atoms with Crippen molar-refractivity contribution in [2.45, 2.75) is 18.9 Å². The Kier molecular flexibility index (Phi) is 5.82. The molecule has 1 saturated carbocycles. The highest BCUT2D eigenvalue weighted by atomic mass is 35.5. The van der Waals surface area contributed by atoms with Gasteiger partial charge in [-0.05, 0) is 66.9 Å². The number of pyridine rings is 1. The Morgan fingerprint density at radius 1 is 0.973 bits per heavy atom. The molecule has 6 rings (SSSR count). The van der Waals surface area contributed by atoms with E-state index in [0.29, 0.717) is 39.5 Å². The number of H-pyrrole nitrogens is 1. The van der Waals surface area contributed by atoms with Gasteiger partial charge in [-0.3, -0.25) is 4.79 Å². The molecule has 0 spiro atoms. The van der Waals surface area contributed by atoms with Crippen LogP contribution in [0.15, 0.2) is 77.5 Å². The Labute approximate surface area is 216 Å². The number of anilines is 2. The summed E-state index contributed by atoms with van der Waals surface area (Å²) >= 11 is 6.46. The normalized spacial score (nSPS) is 12.9. The highest BCUT2D eigenvalue weighted by molar-refractivity contribution is 6.33. The predicted molar refractivity (Wildman–Crippen MR) is 142 cm³/mol. The standard InChI is InChI=1S/C27H21ClN6O3/c28-21-10-9-19(30-26(35)23-2-1-11-37-23)13-20(21)24-33-22-12-16(14-29-25(22)34-24)15-3-5-17(6-4-15)31-27(36)32-18-7-8-18/h1-6,9-14,18H,7-8H2,(H,30,35)(H,29,33,34)(H2,31,32,36). The van der Waals surface area contributed by atoms with Crippen molar-refractivity contribution in [2.75, 3.05) is 10.6 Å². The summed E-state index contributed by atoms with van der Waals surface area (Å²) < 4.78 is 5.15. The van der Waals surface area contributed by atoms with Crippen molar-refractivity contribution in [3.05, 3.63) is 83.9 Å². The number of aromatic nitrogens is 3. The van der Waals surface area contributed by atoms with Crippen molar-refractivity contribution >= 4 is 46.1 Å². The van der Waals surface area contributed by atoms with Gasteiger partial charge < -0.3 is 25.4 Å². The summed E-state index contributed by atoms with van der Waals surface area (Å²) in [6.07, 6.45) is 5.27. The van der Waals surface area contributed by atoms with Crippen LogP contribution in [0.5, 0.6) is 0 Å². The number of carbonyl (C=O) groups excluding carboxylic acids is 2. The molecule has 3 aromatic heterocycles. The third kappa shape index (κ3) is 5.03. The summed E-state index contributed by atoms with van der Waals surface area (Å²) in [7, 11) is 0. The molecule has 0 bridgehead atoms. The number of furan rings is 1. The Bertz CT molecular complexity index is 1610. The largest absolute Gasteiger partial charge is 0.459 e. The maximum Gasteiger partial charge on any atom is 0.319 e. The van der Waals surface area contributed by atoms with Gasteiger partial charge in [0, 0.05) is 34.7 Å². The first-order valence-electron chi connectivity index (χ1n) is 11.7. The third-order valence-electron chi connectivity index (χ3n) is 5.95. The van der Waals surface area contributed by atoms with Crippen LogP contribution in [0.1, 0.15) is 23.4 Å². The van der Waals surface area contributed by atoms with Crippen molar-refractivity contribution in [3.63, 3.8) is 0 Å². The van der Waals surface area contributed by atoms with Crippen molar-refractivity contribution in [2.24, 2.45) is 0 Å². The number of fused-ring (bicyclic) bond motifs is 1. The zero-order valence-electron chi connectivity index (χ0n) is 19.4. The van der Waals surface area contributed by atoms with Gasteiger partial charge >= 0.3 is 6.03 Å². The van der Waals surface area contributed by atoms with E-state index in [1.807, 2.05) is 30.3 Å². The fourth-order valence-electron chi connectivity index (χ4n) is 3.90. The second-order valence-corrected chi connectivity index (χ2v) is 9.16. The van der Waals surface area contributed by atoms with E-state index in [2.05, 4.69) is 30.9 Å². The van der Waals surface area contributed by atoms with E-state index in [1.54, 1.807) is 36.5 Å². The van der Waals surface area contributed by atoms with Crippen molar-refractivity contribution in [1.82, 2.24) is 20.3 Å². The van der Waals surface area contributed by atoms with Gasteiger partial charge in [-0.25, -0.2) is 14.8 Å². The van der Waals surface area contributed by atoms with Gasteiger partial charge in [-0.15, -0.1) is 0 Å². The number of imidazole rings is 1. The Morgan fingerprint density at radius 3 is 2.54 bits per heavy atom. The molecule has 37 heavy (non-hydrogen) atoms. The number of hydrogen-bond donors (Lipinski definition) is 4. The lowest BCUT2D eigenvalue weighted by Crippen LogP contribution is -2.30. The van der Waals surface area contributed by atoms with Gasteiger partial charge in [0.25, 0.3) is 5.91 Å². The molecule has 9 nitrogen and oxygen atoms in total. The molecular formula is C27H21ClN6O3. The van der Waals surface area contributed by atoms with E-state index in [1.165, 1.54) is 6.26 Å². The molecule has 4 N–H and O–H groups in total. The number of rotatable bonds is 6. The molecule has 0 saturated heterocycles. The summed E-state index contributed by atoms with van der Waals surface area (Å²) in [5.74, 6) is 0.376. The predicted octanol–water partition coefficient (Wildman–Crippen LogP) is 6.07. The number of amides is 3. The average Bonchev–Trinajstić information content (AvgIpc) is 3.36. The Balaban J connectivity index is 1.22. The molecule has 3 amide bonds. The lowest BCUT2D eigenvalue weighted by atomic mass is 10.1. The summed E-state index contributed by atoms with van der Waals surface area (Å²) in [4.78, 5) is 36.7. The number of urea groups is 1. The van der Waals surface area contributed by atoms with Gasteiger partial charge in [-0.2, -0.15) is 0 Å².